The van der Waals surface area contributed by atoms with E-state index in [0.29, 0.717) is 11.0 Å². The summed E-state index contributed by atoms with van der Waals surface area (Å²) in [6, 6.07) is 0. The van der Waals surface area contributed by atoms with Gasteiger partial charge in [-0.3, -0.25) is 0 Å². The fourth-order valence-electron chi connectivity index (χ4n) is 6.51. The minimum absolute atomic E-state index is 0.335. The molecule has 1 saturated heterocycles. The van der Waals surface area contributed by atoms with Gasteiger partial charge in [0.2, 0.25) is 0 Å². The van der Waals surface area contributed by atoms with Gasteiger partial charge in [-0.1, -0.05) is 20.3 Å². The molecule has 4 saturated carbocycles. The van der Waals surface area contributed by atoms with Gasteiger partial charge in [-0.05, 0) is 67.6 Å². The molecule has 0 aromatic carbocycles. The predicted molar refractivity (Wildman–Crippen MR) is 68.7 cm³/mol. The second kappa shape index (κ2) is 3.29. The molecule has 0 amide bonds. The van der Waals surface area contributed by atoms with Gasteiger partial charge in [-0.25, -0.2) is 0 Å². The zero-order chi connectivity index (χ0) is 11.7. The van der Waals surface area contributed by atoms with Crippen LogP contribution in [0.4, 0.5) is 0 Å². The van der Waals surface area contributed by atoms with Crippen molar-refractivity contribution in [3.05, 3.63) is 0 Å². The monoisotopic (exact) mass is 234 g/mol. The Bertz CT molecular complexity index is 316. The van der Waals surface area contributed by atoms with Gasteiger partial charge in [0.15, 0.2) is 0 Å². The Labute approximate surface area is 105 Å². The maximum Gasteiger partial charge on any atom is 0.0952 e. The van der Waals surface area contributed by atoms with Gasteiger partial charge in [0, 0.05) is 0 Å². The molecule has 1 heteroatoms. The normalized spacial score (nSPS) is 59.6. The fourth-order valence-corrected chi connectivity index (χ4v) is 6.51. The molecule has 0 aromatic rings. The highest BCUT2D eigenvalue weighted by atomic mass is 16.6. The first-order valence-electron chi connectivity index (χ1n) is 7.79. The van der Waals surface area contributed by atoms with Crippen LogP contribution in [0.3, 0.4) is 0 Å². The van der Waals surface area contributed by atoms with Crippen LogP contribution in [-0.4, -0.2) is 12.2 Å². The number of ether oxygens (including phenoxy) is 1. The van der Waals surface area contributed by atoms with Gasteiger partial charge in [-0.2, -0.15) is 0 Å². The van der Waals surface area contributed by atoms with Crippen molar-refractivity contribution < 1.29 is 4.74 Å². The Morgan fingerprint density at radius 2 is 1.76 bits per heavy atom. The van der Waals surface area contributed by atoms with Gasteiger partial charge in [-0.15, -0.1) is 0 Å². The molecule has 4 unspecified atom stereocenters. The van der Waals surface area contributed by atoms with Crippen LogP contribution < -0.4 is 0 Å². The van der Waals surface area contributed by atoms with Crippen LogP contribution in [0.2, 0.25) is 0 Å². The van der Waals surface area contributed by atoms with Crippen LogP contribution in [0.15, 0.2) is 0 Å². The molecule has 1 nitrogen and oxygen atoms in total. The molecule has 1 aliphatic heterocycles. The van der Waals surface area contributed by atoms with Crippen molar-refractivity contribution in [3.63, 3.8) is 0 Å². The lowest BCUT2D eigenvalue weighted by Gasteiger charge is -2.61. The van der Waals surface area contributed by atoms with E-state index in [-0.39, 0.29) is 0 Å². The van der Waals surface area contributed by atoms with Gasteiger partial charge in [0.05, 0.1) is 12.2 Å². The second-order valence-electron chi connectivity index (χ2n) is 7.84. The van der Waals surface area contributed by atoms with Gasteiger partial charge in [0.25, 0.3) is 0 Å². The van der Waals surface area contributed by atoms with Crippen molar-refractivity contribution in [1.29, 1.82) is 0 Å². The van der Waals surface area contributed by atoms with Crippen molar-refractivity contribution >= 4 is 0 Å². The summed E-state index contributed by atoms with van der Waals surface area (Å²) in [4.78, 5) is 0. The topological polar surface area (TPSA) is 12.5 Å². The van der Waals surface area contributed by atoms with Gasteiger partial charge < -0.3 is 4.74 Å². The van der Waals surface area contributed by atoms with Crippen LogP contribution in [0.1, 0.15) is 58.8 Å². The molecule has 1 heterocycles. The molecule has 5 aliphatic rings. The van der Waals surface area contributed by atoms with Crippen molar-refractivity contribution in [2.24, 2.45) is 29.1 Å². The zero-order valence-corrected chi connectivity index (χ0v) is 11.4. The number of hydrogen-bond donors (Lipinski definition) is 0. The first-order valence-corrected chi connectivity index (χ1v) is 7.79. The zero-order valence-electron chi connectivity index (χ0n) is 11.4. The van der Waals surface area contributed by atoms with E-state index >= 15 is 0 Å². The van der Waals surface area contributed by atoms with Crippen LogP contribution in [0.5, 0.6) is 0 Å². The molecule has 5 rings (SSSR count). The van der Waals surface area contributed by atoms with Crippen molar-refractivity contribution in [3.8, 4) is 0 Å². The van der Waals surface area contributed by atoms with E-state index in [1.54, 1.807) is 6.42 Å². The quantitative estimate of drug-likeness (QED) is 0.672. The first-order chi connectivity index (χ1) is 8.15. The first kappa shape index (κ1) is 10.8. The number of hydrogen-bond acceptors (Lipinski definition) is 1. The molecule has 0 radical (unpaired) electrons. The molecule has 17 heavy (non-hydrogen) atoms. The maximum atomic E-state index is 6.03. The highest BCUT2D eigenvalue weighted by Crippen LogP contribution is 2.68. The highest BCUT2D eigenvalue weighted by molar-refractivity contribution is 5.14. The molecule has 0 N–H and O–H groups in total. The lowest BCUT2D eigenvalue weighted by Crippen LogP contribution is -2.56. The summed E-state index contributed by atoms with van der Waals surface area (Å²) >= 11 is 0. The minimum Gasteiger partial charge on any atom is -0.369 e. The predicted octanol–water partition coefficient (Wildman–Crippen LogP) is 4.02. The Balaban J connectivity index is 1.67. The lowest BCUT2D eigenvalue weighted by molar-refractivity contribution is -0.128. The molecular weight excluding hydrogens is 208 g/mol. The summed E-state index contributed by atoms with van der Waals surface area (Å²) in [5, 5.41) is 0. The second-order valence-corrected chi connectivity index (χ2v) is 7.84. The van der Waals surface area contributed by atoms with E-state index in [4.69, 9.17) is 4.74 Å². The average Bonchev–Trinajstić information content (AvgIpc) is 2.95. The maximum absolute atomic E-state index is 6.03. The molecule has 0 spiro atoms. The number of epoxide rings is 1. The Hall–Kier alpha value is -0.0400. The third kappa shape index (κ3) is 1.41. The largest absolute Gasteiger partial charge is 0.369 e. The van der Waals surface area contributed by atoms with E-state index in [1.165, 1.54) is 38.5 Å². The van der Waals surface area contributed by atoms with E-state index in [0.717, 1.165) is 30.3 Å². The summed E-state index contributed by atoms with van der Waals surface area (Å²) in [5.41, 5.74) is 0.974. The van der Waals surface area contributed by atoms with E-state index in [9.17, 15) is 0 Å². The molecule has 96 valence electrons. The fraction of sp³-hybridized carbons (Fsp3) is 1.00. The molecule has 4 aliphatic carbocycles. The molecule has 4 bridgehead atoms. The molecule has 4 atom stereocenters. The minimum atomic E-state index is 0.335. The summed E-state index contributed by atoms with van der Waals surface area (Å²) in [6.45, 7) is 6.00. The van der Waals surface area contributed by atoms with Crippen molar-refractivity contribution in [2.75, 3.05) is 6.61 Å². The Kier molecular flexibility index (Phi) is 2.10. The number of rotatable bonds is 3. The lowest BCUT2D eigenvalue weighted by atomic mass is 9.43. The van der Waals surface area contributed by atoms with Crippen LogP contribution in [-0.2, 0) is 4.74 Å². The van der Waals surface area contributed by atoms with Crippen molar-refractivity contribution in [1.82, 2.24) is 0 Å². The standard InChI is InChI=1S/C16H26O/c1-3-4-16(10-17-16)14-13-6-11-5-12(7-13)9-15(14,2)8-11/h11-14H,3-10H2,1-2H3. The summed E-state index contributed by atoms with van der Waals surface area (Å²) in [5.74, 6) is 4.07. The Morgan fingerprint density at radius 3 is 2.24 bits per heavy atom. The van der Waals surface area contributed by atoms with E-state index in [1.807, 2.05) is 0 Å². The average molecular weight is 234 g/mol. The van der Waals surface area contributed by atoms with E-state index in [2.05, 4.69) is 13.8 Å². The van der Waals surface area contributed by atoms with Crippen molar-refractivity contribution in [2.45, 2.75) is 64.4 Å². The third-order valence-electron chi connectivity index (χ3n) is 6.43. The Morgan fingerprint density at radius 1 is 1.12 bits per heavy atom. The van der Waals surface area contributed by atoms with Gasteiger partial charge in [0.1, 0.15) is 0 Å². The summed E-state index contributed by atoms with van der Waals surface area (Å²) in [7, 11) is 0. The van der Waals surface area contributed by atoms with Crippen LogP contribution >= 0.6 is 0 Å². The molecular formula is C16H26O. The molecule has 5 fully saturated rings. The smallest absolute Gasteiger partial charge is 0.0952 e. The highest BCUT2D eigenvalue weighted by Gasteiger charge is 2.65. The van der Waals surface area contributed by atoms with E-state index < -0.39 is 0 Å². The summed E-state index contributed by atoms with van der Waals surface area (Å²) < 4.78 is 6.03. The van der Waals surface area contributed by atoms with Crippen LogP contribution in [0, 0.1) is 29.1 Å². The summed E-state index contributed by atoms with van der Waals surface area (Å²) in [6.07, 6.45) is 10.3. The third-order valence-corrected chi connectivity index (χ3v) is 6.43. The SMILES string of the molecule is CCCC1(C2C3CC4CC(C3)CC2(C)C4)CO1. The van der Waals surface area contributed by atoms with Gasteiger partial charge >= 0.3 is 0 Å². The van der Waals surface area contributed by atoms with Crippen LogP contribution in [0.25, 0.3) is 0 Å². The molecule has 0 aromatic heterocycles.